The molecule has 0 aliphatic carbocycles. The van der Waals surface area contributed by atoms with Gasteiger partial charge in [0.05, 0.1) is 29.4 Å². The van der Waals surface area contributed by atoms with E-state index >= 15 is 0 Å². The van der Waals surface area contributed by atoms with E-state index in [2.05, 4.69) is 15.1 Å². The first-order valence-corrected chi connectivity index (χ1v) is 9.02. The fourth-order valence-corrected chi connectivity index (χ4v) is 3.45. The van der Waals surface area contributed by atoms with E-state index < -0.39 is 22.7 Å². The normalized spacial score (nSPS) is 11.8. The second-order valence-corrected chi connectivity index (χ2v) is 6.78. The Morgan fingerprint density at radius 1 is 1.17 bits per heavy atom. The molecule has 0 aliphatic rings. The van der Waals surface area contributed by atoms with Crippen LogP contribution in [0.3, 0.4) is 0 Å². The number of rotatable bonds is 3. The first-order valence-electron chi connectivity index (χ1n) is 8.61. The number of aromatic nitrogens is 5. The number of aromatic amines is 1. The van der Waals surface area contributed by atoms with E-state index in [1.807, 2.05) is 0 Å². The molecule has 3 heterocycles. The molecule has 4 rings (SSSR count). The number of hydrogen-bond acceptors (Lipinski definition) is 5. The van der Waals surface area contributed by atoms with Crippen LogP contribution in [0.1, 0.15) is 5.56 Å². The Bertz CT molecular complexity index is 1390. The van der Waals surface area contributed by atoms with E-state index in [9.17, 15) is 18.0 Å². The molecule has 0 fully saturated rings. The number of para-hydroxylation sites is 2. The summed E-state index contributed by atoms with van der Waals surface area (Å²) in [7, 11) is 3.06. The van der Waals surface area contributed by atoms with E-state index in [1.54, 1.807) is 37.5 Å². The lowest BCUT2D eigenvalue weighted by Crippen LogP contribution is -2.20. The van der Waals surface area contributed by atoms with E-state index in [-0.39, 0.29) is 21.8 Å². The fraction of sp³-hybridized carbons (Fsp3) is 0.158. The highest BCUT2D eigenvalue weighted by molar-refractivity contribution is 7.71. The maximum atomic E-state index is 13.9. The summed E-state index contributed by atoms with van der Waals surface area (Å²) in [6, 6.07) is 8.95. The molecule has 0 saturated heterocycles. The molecule has 0 saturated carbocycles. The maximum absolute atomic E-state index is 13.9. The van der Waals surface area contributed by atoms with Gasteiger partial charge in [-0.25, -0.2) is 4.98 Å². The molecule has 0 amide bonds. The molecule has 0 radical (unpaired) electrons. The number of benzene rings is 1. The molecule has 0 aliphatic heterocycles. The van der Waals surface area contributed by atoms with Crippen molar-refractivity contribution in [3.05, 3.63) is 63.3 Å². The Morgan fingerprint density at radius 2 is 1.90 bits per heavy atom. The van der Waals surface area contributed by atoms with Gasteiger partial charge in [-0.3, -0.25) is 19.0 Å². The van der Waals surface area contributed by atoms with E-state index in [0.717, 1.165) is 6.07 Å². The number of methoxy groups -OCH3 is 1. The summed E-state index contributed by atoms with van der Waals surface area (Å²) in [5.74, 6) is 0.348. The van der Waals surface area contributed by atoms with E-state index in [4.69, 9.17) is 17.0 Å². The minimum atomic E-state index is -4.81. The fourth-order valence-electron chi connectivity index (χ4n) is 3.17. The zero-order chi connectivity index (χ0) is 21.6. The van der Waals surface area contributed by atoms with Crippen LogP contribution in [0.4, 0.5) is 13.2 Å². The first-order chi connectivity index (χ1) is 14.2. The van der Waals surface area contributed by atoms with Crippen LogP contribution in [0.5, 0.6) is 5.75 Å². The number of pyridine rings is 1. The average Bonchev–Trinajstić information content (AvgIpc) is 3.13. The van der Waals surface area contributed by atoms with Crippen LogP contribution in [0, 0.1) is 4.77 Å². The summed E-state index contributed by atoms with van der Waals surface area (Å²) >= 11 is 5.27. The summed E-state index contributed by atoms with van der Waals surface area (Å²) in [4.78, 5) is 19.2. The summed E-state index contributed by atoms with van der Waals surface area (Å²) in [6.45, 7) is 0. The number of nitrogens with one attached hydrogen (secondary N) is 1. The number of H-pyrrole nitrogens is 1. The van der Waals surface area contributed by atoms with Gasteiger partial charge in [0.2, 0.25) is 0 Å². The lowest BCUT2D eigenvalue weighted by molar-refractivity contribution is -0.136. The van der Waals surface area contributed by atoms with Crippen molar-refractivity contribution in [1.82, 2.24) is 24.3 Å². The van der Waals surface area contributed by atoms with E-state index in [1.165, 1.54) is 22.4 Å². The Kier molecular flexibility index (Phi) is 4.69. The second kappa shape index (κ2) is 7.10. The molecule has 0 unspecified atom stereocenters. The van der Waals surface area contributed by atoms with Crippen molar-refractivity contribution in [2.24, 2.45) is 7.05 Å². The van der Waals surface area contributed by atoms with Gasteiger partial charge >= 0.3 is 6.18 Å². The van der Waals surface area contributed by atoms with Crippen molar-refractivity contribution in [1.29, 1.82) is 0 Å². The van der Waals surface area contributed by atoms with Gasteiger partial charge in [0.1, 0.15) is 11.4 Å². The molecule has 0 spiro atoms. The van der Waals surface area contributed by atoms with Crippen molar-refractivity contribution < 1.29 is 17.9 Å². The largest absolute Gasteiger partial charge is 0.495 e. The molecular formula is C19H14F3N5O2S. The number of halogens is 3. The van der Waals surface area contributed by atoms with Crippen molar-refractivity contribution in [2.45, 2.75) is 6.18 Å². The summed E-state index contributed by atoms with van der Waals surface area (Å²) in [5, 5.41) is 3.51. The number of hydrogen-bond donors (Lipinski definition) is 1. The summed E-state index contributed by atoms with van der Waals surface area (Å²) in [6.07, 6.45) is -3.22. The Labute approximate surface area is 172 Å². The molecule has 4 aromatic rings. The predicted molar refractivity (Wildman–Crippen MR) is 106 cm³/mol. The van der Waals surface area contributed by atoms with Crippen molar-refractivity contribution in [3.8, 4) is 22.8 Å². The summed E-state index contributed by atoms with van der Waals surface area (Å²) in [5.41, 5.74) is -1.84. The van der Waals surface area contributed by atoms with Gasteiger partial charge in [0.15, 0.2) is 10.4 Å². The van der Waals surface area contributed by atoms with Crippen molar-refractivity contribution in [2.75, 3.05) is 7.11 Å². The summed E-state index contributed by atoms with van der Waals surface area (Å²) < 4.78 is 49.6. The van der Waals surface area contributed by atoms with Crippen molar-refractivity contribution in [3.63, 3.8) is 0 Å². The van der Waals surface area contributed by atoms with Gasteiger partial charge in [0, 0.05) is 13.2 Å². The minimum Gasteiger partial charge on any atom is -0.495 e. The number of fused-ring (bicyclic) bond motifs is 1. The van der Waals surface area contributed by atoms with Gasteiger partial charge in [0.25, 0.3) is 5.56 Å². The van der Waals surface area contributed by atoms with Crippen LogP contribution in [0.25, 0.3) is 28.1 Å². The first kappa shape index (κ1) is 19.8. The third-order valence-electron chi connectivity index (χ3n) is 4.47. The van der Waals surface area contributed by atoms with Crippen LogP contribution in [0.2, 0.25) is 0 Å². The molecular weight excluding hydrogens is 419 g/mol. The topological polar surface area (TPSA) is 77.7 Å². The second-order valence-electron chi connectivity index (χ2n) is 6.39. The van der Waals surface area contributed by atoms with Crippen LogP contribution in [-0.2, 0) is 13.2 Å². The van der Waals surface area contributed by atoms with Crippen molar-refractivity contribution >= 4 is 23.3 Å². The zero-order valence-corrected chi connectivity index (χ0v) is 16.5. The third kappa shape index (κ3) is 3.26. The highest BCUT2D eigenvalue weighted by atomic mass is 32.1. The Morgan fingerprint density at radius 3 is 2.53 bits per heavy atom. The molecule has 1 aromatic carbocycles. The predicted octanol–water partition coefficient (Wildman–Crippen LogP) is 3.87. The third-order valence-corrected chi connectivity index (χ3v) is 4.75. The maximum Gasteiger partial charge on any atom is 0.417 e. The average molecular weight is 433 g/mol. The van der Waals surface area contributed by atoms with Gasteiger partial charge in [-0.1, -0.05) is 12.1 Å². The number of aryl methyl sites for hydroxylation is 1. The van der Waals surface area contributed by atoms with Crippen LogP contribution >= 0.6 is 12.2 Å². The number of ether oxygens (including phenoxy) is 1. The lowest BCUT2D eigenvalue weighted by atomic mass is 10.1. The van der Waals surface area contributed by atoms with E-state index in [0.29, 0.717) is 11.4 Å². The standard InChI is InChI=1S/C19H14F3N5O2S/c1-26-8-7-11(25-26)12-9-10(19(20,21)22)15-16(23-12)27(18(30)24-17(15)28)13-5-3-4-6-14(13)29-2/h3-9H,1-2H3,(H,24,28,30). The van der Waals surface area contributed by atoms with Gasteiger partial charge in [-0.05, 0) is 36.5 Å². The highest BCUT2D eigenvalue weighted by Gasteiger charge is 2.36. The molecule has 1 N–H and O–H groups in total. The Balaban J connectivity index is 2.21. The zero-order valence-electron chi connectivity index (χ0n) is 15.7. The minimum absolute atomic E-state index is 0.0425. The van der Waals surface area contributed by atoms with Crippen LogP contribution in [0.15, 0.2) is 47.4 Å². The lowest BCUT2D eigenvalue weighted by Gasteiger charge is -2.17. The highest BCUT2D eigenvalue weighted by Crippen LogP contribution is 2.36. The molecule has 0 bridgehead atoms. The monoisotopic (exact) mass is 433 g/mol. The van der Waals surface area contributed by atoms with Gasteiger partial charge < -0.3 is 4.74 Å². The molecule has 3 aromatic heterocycles. The molecule has 154 valence electrons. The SMILES string of the molecule is COc1ccccc1-n1c(=S)[nH]c(=O)c2c(C(F)(F)F)cc(-c3ccn(C)n3)nc21. The quantitative estimate of drug-likeness (QED) is 0.497. The number of alkyl halides is 3. The number of nitrogens with zero attached hydrogens (tertiary/aromatic N) is 4. The molecule has 30 heavy (non-hydrogen) atoms. The molecule has 0 atom stereocenters. The Hall–Kier alpha value is -3.47. The smallest absolute Gasteiger partial charge is 0.417 e. The molecule has 11 heteroatoms. The van der Waals surface area contributed by atoms with Crippen LogP contribution in [-0.4, -0.2) is 31.4 Å². The van der Waals surface area contributed by atoms with Gasteiger partial charge in [-0.2, -0.15) is 18.3 Å². The van der Waals surface area contributed by atoms with Gasteiger partial charge in [-0.15, -0.1) is 0 Å². The molecule has 7 nitrogen and oxygen atoms in total. The van der Waals surface area contributed by atoms with Crippen LogP contribution < -0.4 is 10.3 Å².